The van der Waals surface area contributed by atoms with Crippen LogP contribution in [0.2, 0.25) is 0 Å². The molecule has 1 aliphatic rings. The molecular formula is C16H16N4OS. The maximum Gasteiger partial charge on any atom is 0.273 e. The molecule has 1 amide bonds. The Hall–Kier alpha value is -2.18. The zero-order valence-electron chi connectivity index (χ0n) is 12.2. The first-order valence-electron chi connectivity index (χ1n) is 7.25. The third-order valence-corrected chi connectivity index (χ3v) is 4.91. The molecule has 0 bridgehead atoms. The van der Waals surface area contributed by atoms with Gasteiger partial charge in [-0.2, -0.15) is 0 Å². The molecule has 0 aliphatic carbocycles. The van der Waals surface area contributed by atoms with Crippen LogP contribution in [0.5, 0.6) is 0 Å². The van der Waals surface area contributed by atoms with Crippen LogP contribution in [0.3, 0.4) is 0 Å². The molecule has 0 radical (unpaired) electrons. The van der Waals surface area contributed by atoms with E-state index in [0.29, 0.717) is 10.8 Å². The topological polar surface area (TPSA) is 61.0 Å². The van der Waals surface area contributed by atoms with Crippen molar-refractivity contribution in [3.05, 3.63) is 46.6 Å². The SMILES string of the molecule is CN1CCc2nc(NC(=O)c3cc4ccccc4[nH]3)sc2C1. The number of hydrogen-bond donors (Lipinski definition) is 2. The van der Waals surface area contributed by atoms with Crippen molar-refractivity contribution in [1.82, 2.24) is 14.9 Å². The number of aromatic amines is 1. The van der Waals surface area contributed by atoms with Gasteiger partial charge < -0.3 is 9.88 Å². The summed E-state index contributed by atoms with van der Waals surface area (Å²) in [6.45, 7) is 1.93. The Bertz CT molecular complexity index is 818. The summed E-state index contributed by atoms with van der Waals surface area (Å²) < 4.78 is 0. The van der Waals surface area contributed by atoms with Crippen molar-refractivity contribution in [2.75, 3.05) is 18.9 Å². The van der Waals surface area contributed by atoms with Crippen LogP contribution in [0.25, 0.3) is 10.9 Å². The fraction of sp³-hybridized carbons (Fsp3) is 0.250. The van der Waals surface area contributed by atoms with Gasteiger partial charge in [-0.1, -0.05) is 18.2 Å². The third kappa shape index (κ3) is 2.40. The number of nitrogens with zero attached hydrogens (tertiary/aromatic N) is 2. The number of H-pyrrole nitrogens is 1. The molecule has 112 valence electrons. The van der Waals surface area contributed by atoms with Gasteiger partial charge in [0.05, 0.1) is 5.69 Å². The number of likely N-dealkylation sites (N-methyl/N-ethyl adjacent to an activating group) is 1. The Morgan fingerprint density at radius 1 is 1.41 bits per heavy atom. The first kappa shape index (κ1) is 13.5. The van der Waals surface area contributed by atoms with E-state index in [2.05, 4.69) is 27.2 Å². The van der Waals surface area contributed by atoms with Crippen molar-refractivity contribution in [2.45, 2.75) is 13.0 Å². The molecule has 0 spiro atoms. The Balaban J connectivity index is 1.56. The highest BCUT2D eigenvalue weighted by Crippen LogP contribution is 2.28. The van der Waals surface area contributed by atoms with E-state index in [4.69, 9.17) is 0 Å². The van der Waals surface area contributed by atoms with Gasteiger partial charge in [0.15, 0.2) is 5.13 Å². The van der Waals surface area contributed by atoms with E-state index in [1.54, 1.807) is 11.3 Å². The predicted octanol–water partition coefficient (Wildman–Crippen LogP) is 2.86. The molecule has 0 saturated heterocycles. The quantitative estimate of drug-likeness (QED) is 0.765. The van der Waals surface area contributed by atoms with Crippen LogP contribution < -0.4 is 5.32 Å². The molecule has 0 saturated carbocycles. The summed E-state index contributed by atoms with van der Waals surface area (Å²) >= 11 is 1.57. The molecule has 6 heteroatoms. The van der Waals surface area contributed by atoms with Gasteiger partial charge in [0.2, 0.25) is 0 Å². The standard InChI is InChI=1S/C16H16N4OS/c1-20-7-6-12-14(9-20)22-16(18-12)19-15(21)13-8-10-4-2-3-5-11(10)17-13/h2-5,8,17H,6-7,9H2,1H3,(H,18,19,21). The van der Waals surface area contributed by atoms with Crippen LogP contribution in [0.4, 0.5) is 5.13 Å². The molecule has 2 aromatic heterocycles. The number of hydrogen-bond acceptors (Lipinski definition) is 4. The monoisotopic (exact) mass is 312 g/mol. The molecule has 0 atom stereocenters. The maximum absolute atomic E-state index is 12.4. The number of anilines is 1. The minimum atomic E-state index is -0.143. The zero-order chi connectivity index (χ0) is 15.1. The number of benzene rings is 1. The van der Waals surface area contributed by atoms with E-state index in [1.807, 2.05) is 30.3 Å². The van der Waals surface area contributed by atoms with E-state index in [1.165, 1.54) is 4.88 Å². The Morgan fingerprint density at radius 2 is 2.27 bits per heavy atom. The van der Waals surface area contributed by atoms with Gasteiger partial charge in [-0.05, 0) is 19.2 Å². The lowest BCUT2D eigenvalue weighted by Crippen LogP contribution is -2.25. The first-order chi connectivity index (χ1) is 10.7. The van der Waals surface area contributed by atoms with Crippen molar-refractivity contribution >= 4 is 33.3 Å². The molecule has 1 aliphatic heterocycles. The number of aromatic nitrogens is 2. The van der Waals surface area contributed by atoms with Crippen LogP contribution in [0.15, 0.2) is 30.3 Å². The number of para-hydroxylation sites is 1. The lowest BCUT2D eigenvalue weighted by atomic mass is 10.2. The summed E-state index contributed by atoms with van der Waals surface area (Å²) in [5, 5.41) is 4.63. The summed E-state index contributed by atoms with van der Waals surface area (Å²) in [7, 11) is 2.10. The third-order valence-electron chi connectivity index (χ3n) is 3.92. The number of amides is 1. The fourth-order valence-electron chi connectivity index (χ4n) is 2.74. The van der Waals surface area contributed by atoms with Gasteiger partial charge in [0.25, 0.3) is 5.91 Å². The molecule has 0 fully saturated rings. The van der Waals surface area contributed by atoms with Gasteiger partial charge >= 0.3 is 0 Å². The van der Waals surface area contributed by atoms with Crippen LogP contribution in [0, 0.1) is 0 Å². The summed E-state index contributed by atoms with van der Waals surface area (Å²) in [5.41, 5.74) is 2.65. The van der Waals surface area contributed by atoms with E-state index in [9.17, 15) is 4.79 Å². The van der Waals surface area contributed by atoms with Crippen molar-refractivity contribution < 1.29 is 4.79 Å². The Kier molecular flexibility index (Phi) is 3.20. The Labute approximate surface area is 132 Å². The van der Waals surface area contributed by atoms with Crippen molar-refractivity contribution in [1.29, 1.82) is 0 Å². The second-order valence-corrected chi connectivity index (χ2v) is 6.68. The van der Waals surface area contributed by atoms with Gasteiger partial charge in [0, 0.05) is 35.3 Å². The van der Waals surface area contributed by atoms with Crippen molar-refractivity contribution in [3.63, 3.8) is 0 Å². The molecule has 3 aromatic rings. The number of carbonyl (C=O) groups excluding carboxylic acids is 1. The number of fused-ring (bicyclic) bond motifs is 2. The largest absolute Gasteiger partial charge is 0.351 e. The first-order valence-corrected chi connectivity index (χ1v) is 8.07. The second kappa shape index (κ2) is 5.23. The smallest absolute Gasteiger partial charge is 0.273 e. The summed E-state index contributed by atoms with van der Waals surface area (Å²) in [6.07, 6.45) is 0.949. The van der Waals surface area contributed by atoms with Gasteiger partial charge in [-0.25, -0.2) is 4.98 Å². The maximum atomic E-state index is 12.4. The molecule has 1 aromatic carbocycles. The molecule has 2 N–H and O–H groups in total. The van der Waals surface area contributed by atoms with Crippen molar-refractivity contribution in [3.8, 4) is 0 Å². The van der Waals surface area contributed by atoms with E-state index < -0.39 is 0 Å². The molecule has 5 nitrogen and oxygen atoms in total. The van der Waals surface area contributed by atoms with E-state index >= 15 is 0 Å². The fourth-order valence-corrected chi connectivity index (χ4v) is 3.82. The van der Waals surface area contributed by atoms with Crippen LogP contribution in [0.1, 0.15) is 21.1 Å². The molecule has 4 rings (SSSR count). The highest BCUT2D eigenvalue weighted by molar-refractivity contribution is 7.15. The molecule has 22 heavy (non-hydrogen) atoms. The average Bonchev–Trinajstić information content (AvgIpc) is 3.09. The summed E-state index contributed by atoms with van der Waals surface area (Å²) in [4.78, 5) is 23.6. The average molecular weight is 312 g/mol. The Morgan fingerprint density at radius 3 is 3.14 bits per heavy atom. The minimum Gasteiger partial charge on any atom is -0.351 e. The predicted molar refractivity (Wildman–Crippen MR) is 88.4 cm³/mol. The molecule has 3 heterocycles. The lowest BCUT2D eigenvalue weighted by Gasteiger charge is -2.20. The second-order valence-electron chi connectivity index (χ2n) is 5.60. The number of rotatable bonds is 2. The van der Waals surface area contributed by atoms with Crippen LogP contribution in [-0.2, 0) is 13.0 Å². The number of carbonyl (C=O) groups is 1. The van der Waals surface area contributed by atoms with Gasteiger partial charge in [0.1, 0.15) is 5.69 Å². The number of nitrogens with one attached hydrogen (secondary N) is 2. The zero-order valence-corrected chi connectivity index (χ0v) is 13.0. The van der Waals surface area contributed by atoms with E-state index in [-0.39, 0.29) is 5.91 Å². The normalized spacial score (nSPS) is 15.0. The molecular weight excluding hydrogens is 296 g/mol. The van der Waals surface area contributed by atoms with Gasteiger partial charge in [-0.3, -0.25) is 10.1 Å². The minimum absolute atomic E-state index is 0.143. The summed E-state index contributed by atoms with van der Waals surface area (Å²) in [6, 6.07) is 9.73. The summed E-state index contributed by atoms with van der Waals surface area (Å²) in [5.74, 6) is -0.143. The number of thiazole rings is 1. The van der Waals surface area contributed by atoms with E-state index in [0.717, 1.165) is 36.1 Å². The van der Waals surface area contributed by atoms with Gasteiger partial charge in [-0.15, -0.1) is 11.3 Å². The van der Waals surface area contributed by atoms with Crippen LogP contribution in [-0.4, -0.2) is 34.4 Å². The highest BCUT2D eigenvalue weighted by atomic mass is 32.1. The lowest BCUT2D eigenvalue weighted by molar-refractivity contribution is 0.102. The van der Waals surface area contributed by atoms with Crippen molar-refractivity contribution in [2.24, 2.45) is 0 Å². The van der Waals surface area contributed by atoms with Crippen LogP contribution >= 0.6 is 11.3 Å². The highest BCUT2D eigenvalue weighted by Gasteiger charge is 2.19. The molecule has 0 unspecified atom stereocenters.